The minimum Gasteiger partial charge on any atom is -0.377 e. The van der Waals surface area contributed by atoms with Crippen molar-refractivity contribution in [1.29, 1.82) is 0 Å². The molecule has 1 amide bonds. The number of amides is 1. The molecule has 0 bridgehead atoms. The highest BCUT2D eigenvalue weighted by molar-refractivity contribution is 5.90. The molecule has 0 spiro atoms. The number of primary amides is 1. The first-order chi connectivity index (χ1) is 5.77. The Kier molecular flexibility index (Phi) is 1.54. The van der Waals surface area contributed by atoms with Crippen LogP contribution in [-0.4, -0.2) is 34.1 Å². The van der Waals surface area contributed by atoms with Crippen molar-refractivity contribution in [3.63, 3.8) is 0 Å². The predicted octanol–water partition coefficient (Wildman–Crippen LogP) is -1.05. The molecule has 2 heterocycles. The fraction of sp³-hybridized carbons (Fsp3) is 0.500. The molecule has 0 saturated carbocycles. The average molecular weight is 168 g/mol. The first-order valence-electron chi connectivity index (χ1n) is 3.57. The highest BCUT2D eigenvalue weighted by atomic mass is 16.5. The van der Waals surface area contributed by atoms with Gasteiger partial charge in [-0.3, -0.25) is 4.79 Å². The summed E-state index contributed by atoms with van der Waals surface area (Å²) in [5.74, 6) is -0.554. The van der Waals surface area contributed by atoms with Gasteiger partial charge in [0.25, 0.3) is 5.91 Å². The van der Waals surface area contributed by atoms with Crippen LogP contribution in [0.15, 0.2) is 6.20 Å². The van der Waals surface area contributed by atoms with E-state index in [0.29, 0.717) is 13.2 Å². The van der Waals surface area contributed by atoms with E-state index < -0.39 is 5.91 Å². The lowest BCUT2D eigenvalue weighted by atomic mass is 10.3. The van der Waals surface area contributed by atoms with Crippen molar-refractivity contribution in [1.82, 2.24) is 15.0 Å². The van der Waals surface area contributed by atoms with Gasteiger partial charge >= 0.3 is 0 Å². The molecule has 1 saturated heterocycles. The zero-order chi connectivity index (χ0) is 8.55. The molecule has 2 N–H and O–H groups in total. The van der Waals surface area contributed by atoms with Gasteiger partial charge in [0.2, 0.25) is 0 Å². The molecule has 2 rings (SSSR count). The number of ether oxygens (including phenoxy) is 1. The van der Waals surface area contributed by atoms with E-state index in [2.05, 4.69) is 10.2 Å². The lowest BCUT2D eigenvalue weighted by Gasteiger charge is -2.24. The van der Waals surface area contributed by atoms with Crippen molar-refractivity contribution < 1.29 is 9.53 Å². The number of hydrogen-bond donors (Lipinski definition) is 1. The van der Waals surface area contributed by atoms with Crippen LogP contribution in [-0.2, 0) is 4.74 Å². The maximum atomic E-state index is 10.6. The highest BCUT2D eigenvalue weighted by Gasteiger charge is 2.22. The van der Waals surface area contributed by atoms with Crippen LogP contribution in [0.4, 0.5) is 0 Å². The molecule has 1 aliphatic heterocycles. The van der Waals surface area contributed by atoms with Crippen molar-refractivity contribution >= 4 is 5.91 Å². The van der Waals surface area contributed by atoms with Gasteiger partial charge in [0.05, 0.1) is 19.4 Å². The third-order valence-electron chi connectivity index (χ3n) is 1.71. The molecular weight excluding hydrogens is 160 g/mol. The van der Waals surface area contributed by atoms with Gasteiger partial charge in [-0.05, 0) is 0 Å². The van der Waals surface area contributed by atoms with Gasteiger partial charge in [0.15, 0.2) is 5.69 Å². The summed E-state index contributed by atoms with van der Waals surface area (Å²) in [6, 6.07) is 0.165. The van der Waals surface area contributed by atoms with Crippen LogP contribution in [0.3, 0.4) is 0 Å². The second kappa shape index (κ2) is 2.56. The Morgan fingerprint density at radius 2 is 2.50 bits per heavy atom. The molecule has 0 unspecified atom stereocenters. The second-order valence-corrected chi connectivity index (χ2v) is 2.61. The van der Waals surface area contributed by atoms with Gasteiger partial charge in [0.1, 0.15) is 6.04 Å². The molecule has 0 aromatic carbocycles. The van der Waals surface area contributed by atoms with Gasteiger partial charge < -0.3 is 10.5 Å². The van der Waals surface area contributed by atoms with E-state index in [9.17, 15) is 4.79 Å². The van der Waals surface area contributed by atoms with E-state index in [1.54, 1.807) is 0 Å². The first kappa shape index (κ1) is 7.23. The lowest BCUT2D eigenvalue weighted by molar-refractivity contribution is -0.0349. The van der Waals surface area contributed by atoms with Crippen molar-refractivity contribution in [2.75, 3.05) is 13.2 Å². The fourth-order valence-corrected chi connectivity index (χ4v) is 0.921. The number of rotatable bonds is 2. The van der Waals surface area contributed by atoms with Crippen molar-refractivity contribution in [3.05, 3.63) is 11.9 Å². The van der Waals surface area contributed by atoms with Gasteiger partial charge in [-0.15, -0.1) is 5.10 Å². The maximum Gasteiger partial charge on any atom is 0.270 e. The standard InChI is InChI=1S/C6H8N4O2/c7-6(11)5-1-8-10(9-5)4-2-12-3-4/h1,4H,2-3H2,(H2,7,11). The molecule has 0 aliphatic carbocycles. The smallest absolute Gasteiger partial charge is 0.270 e. The molecule has 1 aromatic rings. The van der Waals surface area contributed by atoms with E-state index in [-0.39, 0.29) is 11.7 Å². The molecule has 6 nitrogen and oxygen atoms in total. The number of hydrogen-bond acceptors (Lipinski definition) is 4. The molecule has 64 valence electrons. The molecule has 12 heavy (non-hydrogen) atoms. The molecule has 0 radical (unpaired) electrons. The third kappa shape index (κ3) is 1.06. The van der Waals surface area contributed by atoms with Crippen LogP contribution in [0.5, 0.6) is 0 Å². The third-order valence-corrected chi connectivity index (χ3v) is 1.71. The summed E-state index contributed by atoms with van der Waals surface area (Å²) in [4.78, 5) is 12.1. The van der Waals surface area contributed by atoms with Crippen molar-refractivity contribution in [3.8, 4) is 0 Å². The van der Waals surface area contributed by atoms with Gasteiger partial charge in [-0.2, -0.15) is 9.90 Å². The van der Waals surface area contributed by atoms with Crippen LogP contribution in [0.1, 0.15) is 16.5 Å². The molecule has 0 atom stereocenters. The van der Waals surface area contributed by atoms with Crippen LogP contribution >= 0.6 is 0 Å². The number of aromatic nitrogens is 3. The maximum absolute atomic E-state index is 10.6. The topological polar surface area (TPSA) is 83.0 Å². The van der Waals surface area contributed by atoms with Crippen LogP contribution in [0, 0.1) is 0 Å². The first-order valence-corrected chi connectivity index (χ1v) is 3.57. The summed E-state index contributed by atoms with van der Waals surface area (Å²) in [5.41, 5.74) is 5.20. The van der Waals surface area contributed by atoms with Crippen molar-refractivity contribution in [2.24, 2.45) is 5.73 Å². The Hall–Kier alpha value is -1.43. The summed E-state index contributed by atoms with van der Waals surface area (Å²) >= 11 is 0. The van der Waals surface area contributed by atoms with E-state index in [0.717, 1.165) is 0 Å². The van der Waals surface area contributed by atoms with Crippen LogP contribution < -0.4 is 5.73 Å². The SMILES string of the molecule is NC(=O)c1cnn(C2COC2)n1. The van der Waals surface area contributed by atoms with Gasteiger partial charge in [-0.25, -0.2) is 0 Å². The summed E-state index contributed by atoms with van der Waals surface area (Å²) < 4.78 is 4.94. The van der Waals surface area contributed by atoms with E-state index in [1.807, 2.05) is 0 Å². The van der Waals surface area contributed by atoms with Crippen molar-refractivity contribution in [2.45, 2.75) is 6.04 Å². The largest absolute Gasteiger partial charge is 0.377 e. The zero-order valence-corrected chi connectivity index (χ0v) is 6.30. The Bertz CT molecular complexity index is 304. The zero-order valence-electron chi connectivity index (χ0n) is 6.30. The minimum absolute atomic E-state index is 0.165. The predicted molar refractivity (Wildman–Crippen MR) is 38.4 cm³/mol. The molecule has 1 fully saturated rings. The number of nitrogens with two attached hydrogens (primary N) is 1. The Morgan fingerprint density at radius 1 is 1.75 bits per heavy atom. The van der Waals surface area contributed by atoms with E-state index in [1.165, 1.54) is 11.0 Å². The number of carbonyl (C=O) groups excluding carboxylic acids is 1. The second-order valence-electron chi connectivity index (χ2n) is 2.61. The fourth-order valence-electron chi connectivity index (χ4n) is 0.921. The minimum atomic E-state index is -0.554. The Labute approximate surface area is 68.3 Å². The summed E-state index contributed by atoms with van der Waals surface area (Å²) in [5, 5.41) is 7.77. The Morgan fingerprint density at radius 3 is 2.92 bits per heavy atom. The Balaban J connectivity index is 2.17. The normalized spacial score (nSPS) is 17.3. The summed E-state index contributed by atoms with van der Waals surface area (Å²) in [7, 11) is 0. The van der Waals surface area contributed by atoms with E-state index in [4.69, 9.17) is 10.5 Å². The van der Waals surface area contributed by atoms with Gasteiger partial charge in [-0.1, -0.05) is 0 Å². The molecule has 6 heteroatoms. The quantitative estimate of drug-likeness (QED) is 0.610. The number of carbonyl (C=O) groups is 1. The van der Waals surface area contributed by atoms with E-state index >= 15 is 0 Å². The van der Waals surface area contributed by atoms with Crippen LogP contribution in [0.25, 0.3) is 0 Å². The monoisotopic (exact) mass is 168 g/mol. The van der Waals surface area contributed by atoms with Gasteiger partial charge in [0, 0.05) is 0 Å². The lowest BCUT2D eigenvalue weighted by Crippen LogP contribution is -2.32. The highest BCUT2D eigenvalue weighted by Crippen LogP contribution is 2.13. The molecule has 1 aromatic heterocycles. The number of nitrogens with zero attached hydrogens (tertiary/aromatic N) is 3. The average Bonchev–Trinajstić information content (AvgIpc) is 2.32. The molecule has 1 aliphatic rings. The van der Waals surface area contributed by atoms with Crippen LogP contribution in [0.2, 0.25) is 0 Å². The summed E-state index contributed by atoms with van der Waals surface area (Å²) in [6.07, 6.45) is 1.36. The molecular formula is C6H8N4O2. The summed E-state index contributed by atoms with van der Waals surface area (Å²) in [6.45, 7) is 1.21.